The largest absolute Gasteiger partial charge is 0.355 e. The Morgan fingerprint density at radius 3 is 2.26 bits per heavy atom. The lowest BCUT2D eigenvalue weighted by Crippen LogP contribution is -2.51. The van der Waals surface area contributed by atoms with Crippen LogP contribution in [0.15, 0.2) is 0 Å². The van der Waals surface area contributed by atoms with Crippen LogP contribution in [0.3, 0.4) is 0 Å². The summed E-state index contributed by atoms with van der Waals surface area (Å²) in [4.78, 5) is 27.9. The first-order valence-corrected chi connectivity index (χ1v) is 8.16. The normalized spacial score (nSPS) is 19.4. The maximum absolute atomic E-state index is 12.3. The Morgan fingerprint density at radius 2 is 1.70 bits per heavy atom. The van der Waals surface area contributed by atoms with E-state index < -0.39 is 0 Å². The van der Waals surface area contributed by atoms with Gasteiger partial charge in [-0.25, -0.2) is 0 Å². The minimum absolute atomic E-state index is 0. The van der Waals surface area contributed by atoms with Crippen LogP contribution in [0.2, 0.25) is 0 Å². The van der Waals surface area contributed by atoms with Crippen molar-refractivity contribution in [3.8, 4) is 0 Å². The molecule has 2 aliphatic rings. The molecule has 136 valence electrons. The first-order valence-electron chi connectivity index (χ1n) is 8.16. The van der Waals surface area contributed by atoms with E-state index in [1.54, 1.807) is 0 Å². The highest BCUT2D eigenvalue weighted by Crippen LogP contribution is 2.17. The van der Waals surface area contributed by atoms with Crippen LogP contribution < -0.4 is 10.6 Å². The van der Waals surface area contributed by atoms with E-state index >= 15 is 0 Å². The van der Waals surface area contributed by atoms with Crippen molar-refractivity contribution >= 4 is 36.6 Å². The van der Waals surface area contributed by atoms with Gasteiger partial charge < -0.3 is 15.5 Å². The maximum atomic E-state index is 12.3. The molecule has 2 heterocycles. The molecule has 0 saturated carbocycles. The monoisotopic (exact) mass is 368 g/mol. The van der Waals surface area contributed by atoms with Gasteiger partial charge in [0.1, 0.15) is 0 Å². The third-order valence-corrected chi connectivity index (χ3v) is 4.39. The summed E-state index contributed by atoms with van der Waals surface area (Å²) in [7, 11) is 0. The zero-order chi connectivity index (χ0) is 15.1. The van der Waals surface area contributed by atoms with Crippen LogP contribution in [-0.4, -0.2) is 74.0 Å². The Balaban J connectivity index is 0.00000242. The van der Waals surface area contributed by atoms with Crippen LogP contribution in [0.25, 0.3) is 0 Å². The van der Waals surface area contributed by atoms with Gasteiger partial charge in [-0.05, 0) is 38.8 Å². The van der Waals surface area contributed by atoms with Crippen molar-refractivity contribution in [1.82, 2.24) is 20.4 Å². The number of carbonyl (C=O) groups excluding carboxylic acids is 2. The summed E-state index contributed by atoms with van der Waals surface area (Å²) in [6.45, 7) is 8.24. The average Bonchev–Trinajstić information content (AvgIpc) is 2.49. The van der Waals surface area contributed by atoms with Gasteiger partial charge in [-0.3, -0.25) is 14.5 Å². The topological polar surface area (TPSA) is 64.7 Å². The van der Waals surface area contributed by atoms with E-state index in [1.807, 2.05) is 11.8 Å². The van der Waals surface area contributed by atoms with Crippen LogP contribution in [0, 0.1) is 5.92 Å². The predicted molar refractivity (Wildman–Crippen MR) is 96.4 cm³/mol. The van der Waals surface area contributed by atoms with Crippen LogP contribution in [0.1, 0.15) is 26.2 Å². The van der Waals surface area contributed by atoms with Crippen LogP contribution in [0.4, 0.5) is 0 Å². The van der Waals surface area contributed by atoms with Gasteiger partial charge >= 0.3 is 0 Å². The van der Waals surface area contributed by atoms with Gasteiger partial charge in [0, 0.05) is 39.1 Å². The van der Waals surface area contributed by atoms with Crippen LogP contribution in [-0.2, 0) is 9.59 Å². The maximum Gasteiger partial charge on any atom is 0.234 e. The molecule has 0 atom stereocenters. The Labute approximate surface area is 151 Å². The van der Waals surface area contributed by atoms with E-state index in [2.05, 4.69) is 15.5 Å². The first kappa shape index (κ1) is 22.4. The number of amides is 2. The summed E-state index contributed by atoms with van der Waals surface area (Å²) >= 11 is 0. The molecule has 0 aromatic rings. The van der Waals surface area contributed by atoms with Gasteiger partial charge in [0.2, 0.25) is 11.8 Å². The Morgan fingerprint density at radius 1 is 1.09 bits per heavy atom. The molecule has 2 aliphatic heterocycles. The summed E-state index contributed by atoms with van der Waals surface area (Å²) < 4.78 is 0. The lowest BCUT2D eigenvalue weighted by molar-refractivity contribution is -0.134. The lowest BCUT2D eigenvalue weighted by atomic mass is 9.94. The quantitative estimate of drug-likeness (QED) is 0.741. The van der Waals surface area contributed by atoms with E-state index in [1.165, 1.54) is 0 Å². The van der Waals surface area contributed by atoms with Crippen molar-refractivity contribution < 1.29 is 9.59 Å². The second-order valence-electron chi connectivity index (χ2n) is 6.01. The number of carbonyl (C=O) groups is 2. The number of nitrogens with zero attached hydrogens (tertiary/aromatic N) is 2. The smallest absolute Gasteiger partial charge is 0.234 e. The molecule has 0 unspecified atom stereocenters. The van der Waals surface area contributed by atoms with E-state index in [4.69, 9.17) is 0 Å². The summed E-state index contributed by atoms with van der Waals surface area (Å²) in [5.74, 6) is 0.915. The molecule has 0 aromatic heterocycles. The SMILES string of the molecule is CCNC(=O)CN1CCN(C(=O)CC2CCNCC2)CC1.Cl.Cl. The van der Waals surface area contributed by atoms with E-state index in [0.717, 1.165) is 52.1 Å². The number of hydrogen-bond donors (Lipinski definition) is 2. The highest BCUT2D eigenvalue weighted by Gasteiger charge is 2.24. The molecule has 2 saturated heterocycles. The summed E-state index contributed by atoms with van der Waals surface area (Å²) in [5.41, 5.74) is 0. The number of hydrogen-bond acceptors (Lipinski definition) is 4. The van der Waals surface area contributed by atoms with Crippen molar-refractivity contribution in [2.45, 2.75) is 26.2 Å². The zero-order valence-electron chi connectivity index (χ0n) is 13.9. The molecule has 8 heteroatoms. The van der Waals surface area contributed by atoms with E-state index in [9.17, 15) is 9.59 Å². The third kappa shape index (κ3) is 7.70. The first-order chi connectivity index (χ1) is 10.2. The molecule has 0 bridgehead atoms. The Kier molecular flexibility index (Phi) is 11.6. The summed E-state index contributed by atoms with van der Waals surface area (Å²) in [6.07, 6.45) is 2.92. The zero-order valence-corrected chi connectivity index (χ0v) is 15.5. The number of piperazine rings is 1. The molecule has 0 aliphatic carbocycles. The van der Waals surface area contributed by atoms with Gasteiger partial charge in [0.05, 0.1) is 6.54 Å². The minimum atomic E-state index is 0. The highest BCUT2D eigenvalue weighted by molar-refractivity contribution is 5.85. The van der Waals surface area contributed by atoms with E-state index in [-0.39, 0.29) is 30.7 Å². The molecule has 2 N–H and O–H groups in total. The fourth-order valence-electron chi connectivity index (χ4n) is 3.07. The number of rotatable bonds is 5. The second kappa shape index (κ2) is 11.9. The summed E-state index contributed by atoms with van der Waals surface area (Å²) in [5, 5.41) is 6.15. The molecular formula is C15H30Cl2N4O2. The third-order valence-electron chi connectivity index (χ3n) is 4.39. The number of halogens is 2. The van der Waals surface area contributed by atoms with Gasteiger partial charge in [0.15, 0.2) is 0 Å². The van der Waals surface area contributed by atoms with Crippen molar-refractivity contribution in [3.05, 3.63) is 0 Å². The van der Waals surface area contributed by atoms with Gasteiger partial charge in [-0.1, -0.05) is 0 Å². The number of nitrogens with one attached hydrogen (secondary N) is 2. The van der Waals surface area contributed by atoms with Crippen molar-refractivity contribution in [2.24, 2.45) is 5.92 Å². The lowest BCUT2D eigenvalue weighted by Gasteiger charge is -2.35. The van der Waals surface area contributed by atoms with Crippen molar-refractivity contribution in [1.29, 1.82) is 0 Å². The van der Waals surface area contributed by atoms with E-state index in [0.29, 0.717) is 31.3 Å². The minimum Gasteiger partial charge on any atom is -0.355 e. The van der Waals surface area contributed by atoms with Gasteiger partial charge in [0.25, 0.3) is 0 Å². The molecule has 2 amide bonds. The number of likely N-dealkylation sites (N-methyl/N-ethyl adjacent to an activating group) is 1. The molecule has 23 heavy (non-hydrogen) atoms. The van der Waals surface area contributed by atoms with Crippen LogP contribution in [0.5, 0.6) is 0 Å². The van der Waals surface area contributed by atoms with Crippen LogP contribution >= 0.6 is 24.8 Å². The predicted octanol–water partition coefficient (Wildman–Crippen LogP) is 0.500. The van der Waals surface area contributed by atoms with Gasteiger partial charge in [-0.2, -0.15) is 0 Å². The highest BCUT2D eigenvalue weighted by atomic mass is 35.5. The summed E-state index contributed by atoms with van der Waals surface area (Å²) in [6, 6.07) is 0. The standard InChI is InChI=1S/C15H28N4O2.2ClH/c1-2-17-14(20)12-18-7-9-19(10-8-18)15(21)11-13-3-5-16-6-4-13;;/h13,16H,2-12H2,1H3,(H,17,20);2*1H. The molecule has 0 spiro atoms. The Hall–Kier alpha value is -0.560. The van der Waals surface area contributed by atoms with Gasteiger partial charge in [-0.15, -0.1) is 24.8 Å². The molecule has 6 nitrogen and oxygen atoms in total. The fraction of sp³-hybridized carbons (Fsp3) is 0.867. The average molecular weight is 369 g/mol. The fourth-order valence-corrected chi connectivity index (χ4v) is 3.07. The molecule has 0 radical (unpaired) electrons. The Bertz CT molecular complexity index is 357. The van der Waals surface area contributed by atoms with Crippen molar-refractivity contribution in [2.75, 3.05) is 52.4 Å². The van der Waals surface area contributed by atoms with Crippen molar-refractivity contribution in [3.63, 3.8) is 0 Å². The second-order valence-corrected chi connectivity index (χ2v) is 6.01. The molecular weight excluding hydrogens is 339 g/mol. The molecule has 0 aromatic carbocycles. The number of piperidine rings is 1. The molecule has 2 fully saturated rings. The molecule has 2 rings (SSSR count).